The topological polar surface area (TPSA) is 81.0 Å². The molecular formula is C25H27BrFN5OS. The van der Waals surface area contributed by atoms with Crippen LogP contribution in [0.5, 0.6) is 0 Å². The number of rotatable bonds is 7. The highest BCUT2D eigenvalue weighted by molar-refractivity contribution is 9.10. The van der Waals surface area contributed by atoms with Gasteiger partial charge in [-0.15, -0.1) is 11.8 Å². The van der Waals surface area contributed by atoms with Crippen LogP contribution in [0.4, 0.5) is 10.1 Å². The van der Waals surface area contributed by atoms with Gasteiger partial charge in [-0.05, 0) is 52.6 Å². The van der Waals surface area contributed by atoms with Crippen molar-refractivity contribution in [2.45, 2.75) is 49.2 Å². The molecule has 3 fully saturated rings. The lowest BCUT2D eigenvalue weighted by molar-refractivity contribution is -0.128. The van der Waals surface area contributed by atoms with Crippen molar-refractivity contribution in [1.29, 1.82) is 5.26 Å². The molecule has 0 radical (unpaired) electrons. The molecule has 3 atom stereocenters. The monoisotopic (exact) mass is 543 g/mol. The normalized spacial score (nSPS) is 20.3. The lowest BCUT2D eigenvalue weighted by Gasteiger charge is -2.36. The Hall–Kier alpha value is -2.33. The third-order valence-corrected chi connectivity index (χ3v) is 8.07. The van der Waals surface area contributed by atoms with E-state index in [9.17, 15) is 4.79 Å². The Bertz CT molecular complexity index is 1220. The summed E-state index contributed by atoms with van der Waals surface area (Å²) in [6.07, 6.45) is 4.55. The van der Waals surface area contributed by atoms with Gasteiger partial charge < -0.3 is 15.5 Å². The van der Waals surface area contributed by atoms with Crippen LogP contribution in [0, 0.1) is 34.9 Å². The minimum absolute atomic E-state index is 0.0283. The third kappa shape index (κ3) is 4.75. The molecule has 9 heteroatoms. The predicted molar refractivity (Wildman–Crippen MR) is 137 cm³/mol. The molecule has 3 heterocycles. The number of fused-ring (bicyclic) bond motifs is 2. The summed E-state index contributed by atoms with van der Waals surface area (Å²) in [6.45, 7) is 0.974. The quantitative estimate of drug-likeness (QED) is 0.400. The van der Waals surface area contributed by atoms with Crippen LogP contribution in [0.25, 0.3) is 10.9 Å². The summed E-state index contributed by atoms with van der Waals surface area (Å²) >= 11 is 4.80. The summed E-state index contributed by atoms with van der Waals surface area (Å²) in [7, 11) is 3.46. The molecule has 0 unspecified atom stereocenters. The number of carbonyl (C=O) groups is 1. The predicted octanol–water partition coefficient (Wildman–Crippen LogP) is 4.31. The van der Waals surface area contributed by atoms with E-state index in [0.29, 0.717) is 52.5 Å². The average Bonchev–Trinajstić information content (AvgIpc) is 3.46. The maximum absolute atomic E-state index is 15.5. The number of amides is 1. The SMILES string of the molecule is CSc1nc2c(F)c(Br)c(CCC#N)cc2c(N[C@H]2[C@H]3CN[C@@H]2C3)c1C#CCCC(=O)N(C)C. The van der Waals surface area contributed by atoms with Crippen LogP contribution in [0.1, 0.15) is 36.8 Å². The summed E-state index contributed by atoms with van der Waals surface area (Å²) in [5.74, 6) is 6.52. The molecule has 34 heavy (non-hydrogen) atoms. The lowest BCUT2D eigenvalue weighted by atomic mass is 9.80. The van der Waals surface area contributed by atoms with Crippen LogP contribution in [0.3, 0.4) is 0 Å². The Labute approximate surface area is 212 Å². The van der Waals surface area contributed by atoms with Crippen molar-refractivity contribution in [2.24, 2.45) is 5.92 Å². The molecule has 2 aromatic rings. The van der Waals surface area contributed by atoms with Crippen molar-refractivity contribution >= 4 is 50.2 Å². The number of aromatic nitrogens is 1. The molecule has 178 valence electrons. The first-order valence-corrected chi connectivity index (χ1v) is 13.3. The number of nitriles is 1. The van der Waals surface area contributed by atoms with Gasteiger partial charge in [0.25, 0.3) is 0 Å². The van der Waals surface area contributed by atoms with Crippen LogP contribution < -0.4 is 10.6 Å². The number of hydrogen-bond acceptors (Lipinski definition) is 6. The maximum atomic E-state index is 15.5. The van der Waals surface area contributed by atoms with Gasteiger partial charge >= 0.3 is 0 Å². The number of nitrogens with one attached hydrogen (secondary N) is 2. The number of aryl methyl sites for hydroxylation is 1. The van der Waals surface area contributed by atoms with Gasteiger partial charge in [-0.25, -0.2) is 9.37 Å². The highest BCUT2D eigenvalue weighted by Gasteiger charge is 2.47. The van der Waals surface area contributed by atoms with Gasteiger partial charge in [0, 0.05) is 57.4 Å². The molecule has 1 aromatic carbocycles. The fraction of sp³-hybridized carbons (Fsp3) is 0.480. The van der Waals surface area contributed by atoms with Crippen molar-refractivity contribution in [3.05, 3.63) is 27.5 Å². The second-order valence-corrected chi connectivity index (χ2v) is 10.4. The molecule has 1 aromatic heterocycles. The van der Waals surface area contributed by atoms with E-state index in [-0.39, 0.29) is 17.5 Å². The fourth-order valence-electron chi connectivity index (χ4n) is 4.56. The van der Waals surface area contributed by atoms with Crippen molar-refractivity contribution in [1.82, 2.24) is 15.2 Å². The first-order valence-electron chi connectivity index (χ1n) is 11.3. The van der Waals surface area contributed by atoms with Crippen molar-refractivity contribution < 1.29 is 9.18 Å². The van der Waals surface area contributed by atoms with E-state index in [4.69, 9.17) is 5.26 Å². The van der Waals surface area contributed by atoms with Gasteiger partial charge in [0.15, 0.2) is 5.82 Å². The first kappa shape index (κ1) is 24.8. The fourth-order valence-corrected chi connectivity index (χ4v) is 5.60. The molecule has 2 aliphatic heterocycles. The molecule has 2 N–H and O–H groups in total. The Balaban J connectivity index is 1.82. The van der Waals surface area contributed by atoms with Gasteiger partial charge in [-0.2, -0.15) is 5.26 Å². The Kier molecular flexibility index (Phi) is 7.67. The van der Waals surface area contributed by atoms with Gasteiger partial charge in [0.1, 0.15) is 10.5 Å². The zero-order chi connectivity index (χ0) is 24.4. The molecule has 3 aliphatic rings. The average molecular weight is 544 g/mol. The Morgan fingerprint density at radius 1 is 1.44 bits per heavy atom. The van der Waals surface area contributed by atoms with E-state index in [0.717, 1.165) is 29.8 Å². The van der Waals surface area contributed by atoms with Crippen LogP contribution >= 0.6 is 27.7 Å². The summed E-state index contributed by atoms with van der Waals surface area (Å²) < 4.78 is 15.8. The van der Waals surface area contributed by atoms with E-state index < -0.39 is 5.82 Å². The number of hydrogen-bond donors (Lipinski definition) is 2. The van der Waals surface area contributed by atoms with Crippen LogP contribution in [-0.4, -0.2) is 54.8 Å². The van der Waals surface area contributed by atoms with Gasteiger partial charge in [0.05, 0.1) is 21.8 Å². The first-order chi connectivity index (χ1) is 16.3. The van der Waals surface area contributed by atoms with Crippen LogP contribution in [0.2, 0.25) is 0 Å². The van der Waals surface area contributed by atoms with Crippen molar-refractivity contribution in [2.75, 3.05) is 32.2 Å². The molecular weight excluding hydrogens is 517 g/mol. The molecule has 1 saturated carbocycles. The highest BCUT2D eigenvalue weighted by Crippen LogP contribution is 2.42. The molecule has 6 nitrogen and oxygen atoms in total. The number of pyridine rings is 1. The van der Waals surface area contributed by atoms with E-state index >= 15 is 4.39 Å². The zero-order valence-corrected chi connectivity index (χ0v) is 21.9. The number of thioether (sulfide) groups is 1. The zero-order valence-electron chi connectivity index (χ0n) is 19.5. The van der Waals surface area contributed by atoms with E-state index in [1.54, 1.807) is 19.0 Å². The molecule has 2 saturated heterocycles. The molecule has 5 rings (SSSR count). The smallest absolute Gasteiger partial charge is 0.223 e. The number of halogens is 2. The van der Waals surface area contributed by atoms with Crippen molar-refractivity contribution in [3.63, 3.8) is 0 Å². The summed E-state index contributed by atoms with van der Waals surface area (Å²) in [4.78, 5) is 18.1. The molecule has 0 spiro atoms. The standard InChI is InChI=1S/C25H27BrFN5OS/c1-32(2)19(33)9-5-4-8-16-23(30-22-15-12-18(22)29-13-15)17-11-14(7-6-10-28)20(26)21(27)24(17)31-25(16)34-3/h11,15,18,22,29H,5-7,9,12-13H2,1-3H3,(H,30,31)/t15-,18-,22+/m1/s1. The second-order valence-electron chi connectivity index (χ2n) is 8.86. The number of nitrogens with zero attached hydrogens (tertiary/aromatic N) is 3. The minimum Gasteiger partial charge on any atom is -0.379 e. The van der Waals surface area contributed by atoms with E-state index in [1.165, 1.54) is 11.8 Å². The van der Waals surface area contributed by atoms with Crippen molar-refractivity contribution in [3.8, 4) is 17.9 Å². The van der Waals surface area contributed by atoms with Crippen LogP contribution in [-0.2, 0) is 11.2 Å². The van der Waals surface area contributed by atoms with Gasteiger partial charge in [0.2, 0.25) is 5.91 Å². The van der Waals surface area contributed by atoms with Crippen LogP contribution in [0.15, 0.2) is 15.6 Å². The number of anilines is 1. The Morgan fingerprint density at radius 2 is 2.24 bits per heavy atom. The van der Waals surface area contributed by atoms with E-state index in [2.05, 4.69) is 49.5 Å². The summed E-state index contributed by atoms with van der Waals surface area (Å²) in [5, 5.41) is 17.6. The third-order valence-electron chi connectivity index (χ3n) is 6.53. The largest absolute Gasteiger partial charge is 0.379 e. The molecule has 2 bridgehead atoms. The number of carbonyl (C=O) groups excluding carboxylic acids is 1. The van der Waals surface area contributed by atoms with Gasteiger partial charge in [-0.3, -0.25) is 4.79 Å². The Morgan fingerprint density at radius 3 is 2.85 bits per heavy atom. The van der Waals surface area contributed by atoms with Gasteiger partial charge in [-0.1, -0.05) is 11.8 Å². The second kappa shape index (κ2) is 10.5. The maximum Gasteiger partial charge on any atom is 0.223 e. The lowest BCUT2D eigenvalue weighted by Crippen LogP contribution is -2.47. The number of benzene rings is 1. The summed E-state index contributed by atoms with van der Waals surface area (Å²) in [5.41, 5.74) is 2.54. The van der Waals surface area contributed by atoms with E-state index in [1.807, 2.05) is 12.3 Å². The highest BCUT2D eigenvalue weighted by atomic mass is 79.9. The molecule has 1 amide bonds. The molecule has 1 aliphatic carbocycles. The minimum atomic E-state index is -0.422. The summed E-state index contributed by atoms with van der Waals surface area (Å²) in [6, 6.07) is 4.71.